The Balaban J connectivity index is 1.70. The number of rotatable bonds is 9. The van der Waals surface area contributed by atoms with E-state index in [0.717, 1.165) is 54.4 Å². The summed E-state index contributed by atoms with van der Waals surface area (Å²) in [5.74, 6) is 0.616. The van der Waals surface area contributed by atoms with Crippen molar-refractivity contribution in [1.29, 1.82) is 0 Å². The first-order valence-electron chi connectivity index (χ1n) is 11.6. The molecule has 0 fully saturated rings. The van der Waals surface area contributed by atoms with Gasteiger partial charge < -0.3 is 15.2 Å². The number of hydrogen-bond acceptors (Lipinski definition) is 5. The minimum absolute atomic E-state index is 0.424. The number of benzene rings is 1. The second kappa shape index (κ2) is 10.3. The number of aliphatic imine (C=N–C) groups is 1. The van der Waals surface area contributed by atoms with Crippen LogP contribution in [0.4, 0.5) is 11.4 Å². The zero-order chi connectivity index (χ0) is 24.1. The van der Waals surface area contributed by atoms with Gasteiger partial charge in [-0.15, -0.1) is 0 Å². The monoisotopic (exact) mass is 457 g/mol. The molecule has 4 aromatic rings. The largest absolute Gasteiger partial charge is 0.372 e. The molecule has 34 heavy (non-hydrogen) atoms. The SMILES string of the molecule is CCCN(CCC)c1ccc(-c2cnc3[nH]c(C=O)c(NC(=NC)c4ccnn4C)c3c2)cc1. The van der Waals surface area contributed by atoms with E-state index >= 15 is 0 Å². The van der Waals surface area contributed by atoms with Gasteiger partial charge in [-0.05, 0) is 42.7 Å². The molecule has 3 heterocycles. The highest BCUT2D eigenvalue weighted by molar-refractivity contribution is 6.14. The summed E-state index contributed by atoms with van der Waals surface area (Å²) in [5.41, 5.74) is 5.81. The molecule has 8 heteroatoms. The van der Waals surface area contributed by atoms with Gasteiger partial charge in [0, 0.05) is 56.2 Å². The Morgan fingerprint density at radius 2 is 1.88 bits per heavy atom. The van der Waals surface area contributed by atoms with E-state index in [4.69, 9.17) is 0 Å². The quantitative estimate of drug-likeness (QED) is 0.212. The summed E-state index contributed by atoms with van der Waals surface area (Å²) in [4.78, 5) is 26.3. The molecule has 0 unspecified atom stereocenters. The highest BCUT2D eigenvalue weighted by atomic mass is 16.1. The lowest BCUT2D eigenvalue weighted by atomic mass is 10.1. The van der Waals surface area contributed by atoms with E-state index in [9.17, 15) is 4.79 Å². The van der Waals surface area contributed by atoms with Crippen molar-refractivity contribution in [3.05, 3.63) is 60.2 Å². The topological polar surface area (TPSA) is 91.2 Å². The number of pyridine rings is 1. The predicted molar refractivity (Wildman–Crippen MR) is 139 cm³/mol. The summed E-state index contributed by atoms with van der Waals surface area (Å²) < 4.78 is 1.73. The van der Waals surface area contributed by atoms with Crippen LogP contribution in [0, 0.1) is 0 Å². The number of nitrogens with one attached hydrogen (secondary N) is 2. The fourth-order valence-corrected chi connectivity index (χ4v) is 4.20. The molecule has 8 nitrogen and oxygen atoms in total. The summed E-state index contributed by atoms with van der Waals surface area (Å²) in [6, 6.07) is 12.5. The van der Waals surface area contributed by atoms with E-state index in [1.165, 1.54) is 5.69 Å². The van der Waals surface area contributed by atoms with Gasteiger partial charge in [-0.2, -0.15) is 5.10 Å². The molecule has 2 N–H and O–H groups in total. The van der Waals surface area contributed by atoms with Crippen molar-refractivity contribution in [2.45, 2.75) is 26.7 Å². The number of amidine groups is 1. The number of aryl methyl sites for hydroxylation is 1. The molecule has 0 aliphatic rings. The molecule has 0 saturated heterocycles. The summed E-state index contributed by atoms with van der Waals surface area (Å²) in [7, 11) is 3.56. The van der Waals surface area contributed by atoms with Crippen LogP contribution in [0.1, 0.15) is 42.9 Å². The Labute approximate surface area is 199 Å². The van der Waals surface area contributed by atoms with Crippen molar-refractivity contribution in [2.75, 3.05) is 30.4 Å². The minimum atomic E-state index is 0.424. The van der Waals surface area contributed by atoms with Gasteiger partial charge in [-0.25, -0.2) is 4.98 Å². The number of carbonyl (C=O) groups is 1. The van der Waals surface area contributed by atoms with E-state index in [1.54, 1.807) is 17.9 Å². The second-order valence-electron chi connectivity index (χ2n) is 8.22. The predicted octanol–water partition coefficient (Wildman–Crippen LogP) is 4.89. The van der Waals surface area contributed by atoms with Gasteiger partial charge in [0.2, 0.25) is 0 Å². The van der Waals surface area contributed by atoms with Gasteiger partial charge in [0.05, 0.1) is 5.69 Å². The maximum Gasteiger partial charge on any atom is 0.168 e. The van der Waals surface area contributed by atoms with Gasteiger partial charge in [-0.3, -0.25) is 14.5 Å². The standard InChI is InChI=1S/C26H31N7O/c1-5-13-33(14-6-2)20-9-7-18(8-10-20)19-15-21-24(22(17-34)30-25(21)28-16-19)31-26(27-3)23-11-12-29-32(23)4/h7-12,15-17H,5-6,13-14H2,1-4H3,(H,27,31)(H,28,30). The average Bonchev–Trinajstić information content (AvgIpc) is 3.44. The van der Waals surface area contributed by atoms with E-state index in [-0.39, 0.29) is 0 Å². The Kier molecular flexibility index (Phi) is 7.06. The molecular weight excluding hydrogens is 426 g/mol. The summed E-state index contributed by atoms with van der Waals surface area (Å²) in [6.45, 7) is 6.50. The third-order valence-corrected chi connectivity index (χ3v) is 5.88. The summed E-state index contributed by atoms with van der Waals surface area (Å²) in [5, 5.41) is 8.37. The van der Waals surface area contributed by atoms with Crippen LogP contribution in [0.3, 0.4) is 0 Å². The fourth-order valence-electron chi connectivity index (χ4n) is 4.20. The lowest BCUT2D eigenvalue weighted by Crippen LogP contribution is -2.24. The molecule has 0 saturated carbocycles. The molecule has 0 radical (unpaired) electrons. The maximum absolute atomic E-state index is 11.8. The van der Waals surface area contributed by atoms with Crippen molar-refractivity contribution in [3.63, 3.8) is 0 Å². The second-order valence-corrected chi connectivity index (χ2v) is 8.22. The number of fused-ring (bicyclic) bond motifs is 1. The molecule has 0 aliphatic heterocycles. The van der Waals surface area contributed by atoms with Gasteiger partial charge in [0.15, 0.2) is 12.1 Å². The van der Waals surface area contributed by atoms with Gasteiger partial charge in [0.25, 0.3) is 0 Å². The fraction of sp³-hybridized carbons (Fsp3) is 0.308. The lowest BCUT2D eigenvalue weighted by molar-refractivity contribution is 0.112. The van der Waals surface area contributed by atoms with Gasteiger partial charge in [0.1, 0.15) is 17.0 Å². The Bertz CT molecular complexity index is 1290. The molecule has 3 aromatic heterocycles. The van der Waals surface area contributed by atoms with Crippen LogP contribution in [-0.2, 0) is 7.05 Å². The highest BCUT2D eigenvalue weighted by Crippen LogP contribution is 2.31. The third kappa shape index (κ3) is 4.57. The molecule has 0 atom stereocenters. The van der Waals surface area contributed by atoms with E-state index in [0.29, 0.717) is 22.9 Å². The number of aromatic amines is 1. The Morgan fingerprint density at radius 1 is 1.15 bits per heavy atom. The molecule has 1 aromatic carbocycles. The van der Waals surface area contributed by atoms with Crippen molar-refractivity contribution in [1.82, 2.24) is 19.7 Å². The van der Waals surface area contributed by atoms with Crippen LogP contribution in [0.25, 0.3) is 22.2 Å². The van der Waals surface area contributed by atoms with E-state index in [1.807, 2.05) is 19.3 Å². The molecule has 4 rings (SSSR count). The summed E-state index contributed by atoms with van der Waals surface area (Å²) >= 11 is 0. The smallest absolute Gasteiger partial charge is 0.168 e. The number of hydrogen-bond donors (Lipinski definition) is 2. The molecule has 0 spiro atoms. The number of aldehydes is 1. The normalized spacial score (nSPS) is 11.7. The van der Waals surface area contributed by atoms with Gasteiger partial charge >= 0.3 is 0 Å². The molecule has 0 aliphatic carbocycles. The Morgan fingerprint density at radius 3 is 2.47 bits per heavy atom. The van der Waals surface area contributed by atoms with Crippen molar-refractivity contribution in [2.24, 2.45) is 12.0 Å². The number of H-pyrrole nitrogens is 1. The van der Waals surface area contributed by atoms with Crippen LogP contribution in [0.2, 0.25) is 0 Å². The van der Waals surface area contributed by atoms with E-state index < -0.39 is 0 Å². The van der Waals surface area contributed by atoms with Crippen LogP contribution >= 0.6 is 0 Å². The first kappa shape index (κ1) is 23.2. The summed E-state index contributed by atoms with van der Waals surface area (Å²) in [6.07, 6.45) is 6.58. The van der Waals surface area contributed by atoms with Crippen LogP contribution in [0.5, 0.6) is 0 Å². The van der Waals surface area contributed by atoms with Crippen LogP contribution in [0.15, 0.2) is 53.8 Å². The number of carbonyl (C=O) groups excluding carboxylic acids is 1. The van der Waals surface area contributed by atoms with E-state index in [2.05, 4.69) is 74.5 Å². The van der Waals surface area contributed by atoms with Crippen molar-refractivity contribution in [3.8, 4) is 11.1 Å². The van der Waals surface area contributed by atoms with Crippen LogP contribution in [-0.4, -0.2) is 52.0 Å². The number of anilines is 2. The first-order valence-corrected chi connectivity index (χ1v) is 11.6. The average molecular weight is 458 g/mol. The van der Waals surface area contributed by atoms with Crippen LogP contribution < -0.4 is 10.2 Å². The number of nitrogens with zero attached hydrogens (tertiary/aromatic N) is 5. The first-order chi connectivity index (χ1) is 16.6. The zero-order valence-electron chi connectivity index (χ0n) is 20.2. The third-order valence-electron chi connectivity index (χ3n) is 5.88. The zero-order valence-corrected chi connectivity index (χ0v) is 20.2. The van der Waals surface area contributed by atoms with Crippen molar-refractivity contribution < 1.29 is 4.79 Å². The lowest BCUT2D eigenvalue weighted by Gasteiger charge is -2.24. The highest BCUT2D eigenvalue weighted by Gasteiger charge is 2.17. The Hall–Kier alpha value is -3.94. The van der Waals surface area contributed by atoms with Gasteiger partial charge in [-0.1, -0.05) is 26.0 Å². The molecular formula is C26H31N7O. The molecule has 0 amide bonds. The number of aromatic nitrogens is 4. The van der Waals surface area contributed by atoms with Crippen molar-refractivity contribution >= 4 is 34.5 Å². The molecule has 0 bridgehead atoms. The molecule has 176 valence electrons. The minimum Gasteiger partial charge on any atom is -0.372 e. The maximum atomic E-state index is 11.8.